The van der Waals surface area contributed by atoms with Gasteiger partial charge < -0.3 is 15.2 Å². The van der Waals surface area contributed by atoms with E-state index in [4.69, 9.17) is 9.84 Å². The van der Waals surface area contributed by atoms with Gasteiger partial charge in [0.2, 0.25) is 5.91 Å². The minimum Gasteiger partial charge on any atom is -0.481 e. The van der Waals surface area contributed by atoms with Gasteiger partial charge in [0.25, 0.3) is 0 Å². The molecule has 5 heteroatoms. The molecule has 1 saturated heterocycles. The number of rotatable bonds is 7. The molecule has 1 aliphatic heterocycles. The molecule has 120 valence electrons. The molecular weight excluding hydrogens is 282 g/mol. The van der Waals surface area contributed by atoms with E-state index < -0.39 is 5.97 Å². The van der Waals surface area contributed by atoms with Gasteiger partial charge in [0.1, 0.15) is 0 Å². The van der Waals surface area contributed by atoms with E-state index >= 15 is 0 Å². The van der Waals surface area contributed by atoms with Gasteiger partial charge in [-0.05, 0) is 31.2 Å². The second-order valence-corrected chi connectivity index (χ2v) is 5.66. The predicted molar refractivity (Wildman–Crippen MR) is 82.4 cm³/mol. The van der Waals surface area contributed by atoms with Crippen LogP contribution in [0.15, 0.2) is 30.3 Å². The highest BCUT2D eigenvalue weighted by Crippen LogP contribution is 2.27. The van der Waals surface area contributed by atoms with Crippen molar-refractivity contribution in [2.75, 3.05) is 6.61 Å². The number of carbonyl (C=O) groups is 2. The molecule has 2 rings (SSSR count). The van der Waals surface area contributed by atoms with Crippen LogP contribution in [0, 0.1) is 0 Å². The standard InChI is InChI=1S/C17H23NO4/c19-16(8-4-5-9-17(20)21)18-14-10-11-22-15(12-14)13-6-2-1-3-7-13/h1-3,6-7,14-15H,4-5,8-12H2,(H,18,19)(H,20,21). The minimum atomic E-state index is -0.810. The number of nitrogens with one attached hydrogen (secondary N) is 1. The monoisotopic (exact) mass is 305 g/mol. The zero-order valence-corrected chi connectivity index (χ0v) is 12.7. The van der Waals surface area contributed by atoms with Gasteiger partial charge in [-0.15, -0.1) is 0 Å². The van der Waals surface area contributed by atoms with Crippen LogP contribution in [0.3, 0.4) is 0 Å². The lowest BCUT2D eigenvalue weighted by Gasteiger charge is -2.30. The Bertz CT molecular complexity index is 489. The zero-order chi connectivity index (χ0) is 15.8. The van der Waals surface area contributed by atoms with Crippen LogP contribution >= 0.6 is 0 Å². The quantitative estimate of drug-likeness (QED) is 0.759. The van der Waals surface area contributed by atoms with Gasteiger partial charge >= 0.3 is 5.97 Å². The fraction of sp³-hybridized carbons (Fsp3) is 0.529. The van der Waals surface area contributed by atoms with Gasteiger partial charge in [0, 0.05) is 25.5 Å². The maximum Gasteiger partial charge on any atom is 0.303 e. The largest absolute Gasteiger partial charge is 0.481 e. The number of carboxylic acids is 1. The highest BCUT2D eigenvalue weighted by molar-refractivity contribution is 5.76. The van der Waals surface area contributed by atoms with Crippen LogP contribution in [-0.4, -0.2) is 29.6 Å². The molecule has 0 radical (unpaired) electrons. The predicted octanol–water partition coefficient (Wildman–Crippen LogP) is 2.67. The number of ether oxygens (including phenoxy) is 1. The van der Waals surface area contributed by atoms with Crippen molar-refractivity contribution in [2.45, 2.75) is 50.7 Å². The summed E-state index contributed by atoms with van der Waals surface area (Å²) in [6.45, 7) is 0.642. The van der Waals surface area contributed by atoms with Gasteiger partial charge in [-0.25, -0.2) is 0 Å². The molecule has 1 fully saturated rings. The number of hydrogen-bond acceptors (Lipinski definition) is 3. The van der Waals surface area contributed by atoms with E-state index in [0.717, 1.165) is 18.4 Å². The smallest absolute Gasteiger partial charge is 0.303 e. The molecule has 1 heterocycles. The Kier molecular flexibility index (Phi) is 6.40. The lowest BCUT2D eigenvalue weighted by Crippen LogP contribution is -2.39. The van der Waals surface area contributed by atoms with E-state index in [1.54, 1.807) is 0 Å². The second-order valence-electron chi connectivity index (χ2n) is 5.66. The molecule has 22 heavy (non-hydrogen) atoms. The van der Waals surface area contributed by atoms with Crippen molar-refractivity contribution in [3.63, 3.8) is 0 Å². The molecule has 2 unspecified atom stereocenters. The maximum absolute atomic E-state index is 11.9. The fourth-order valence-electron chi connectivity index (χ4n) is 2.69. The number of benzene rings is 1. The van der Waals surface area contributed by atoms with Gasteiger partial charge in [0.05, 0.1) is 6.10 Å². The third kappa shape index (κ3) is 5.48. The zero-order valence-electron chi connectivity index (χ0n) is 12.7. The highest BCUT2D eigenvalue weighted by Gasteiger charge is 2.24. The Morgan fingerprint density at radius 3 is 2.64 bits per heavy atom. The Morgan fingerprint density at radius 1 is 1.18 bits per heavy atom. The Balaban J connectivity index is 1.73. The van der Waals surface area contributed by atoms with E-state index in [2.05, 4.69) is 5.32 Å². The first-order valence-corrected chi connectivity index (χ1v) is 7.83. The number of unbranched alkanes of at least 4 members (excludes halogenated alkanes) is 1. The van der Waals surface area contributed by atoms with Crippen molar-refractivity contribution in [3.8, 4) is 0 Å². The van der Waals surface area contributed by atoms with Crippen LogP contribution in [0.2, 0.25) is 0 Å². The van der Waals surface area contributed by atoms with Crippen LogP contribution in [-0.2, 0) is 14.3 Å². The third-order valence-corrected chi connectivity index (χ3v) is 3.86. The van der Waals surface area contributed by atoms with Crippen LogP contribution in [0.5, 0.6) is 0 Å². The van der Waals surface area contributed by atoms with E-state index in [0.29, 0.717) is 25.9 Å². The van der Waals surface area contributed by atoms with E-state index in [1.807, 2.05) is 30.3 Å². The van der Waals surface area contributed by atoms with Gasteiger partial charge in [-0.3, -0.25) is 9.59 Å². The molecule has 1 amide bonds. The molecule has 0 saturated carbocycles. The van der Waals surface area contributed by atoms with E-state index in [1.165, 1.54) is 0 Å². The maximum atomic E-state index is 11.9. The molecule has 2 N–H and O–H groups in total. The van der Waals surface area contributed by atoms with Gasteiger partial charge in [0.15, 0.2) is 0 Å². The molecule has 0 aliphatic carbocycles. The van der Waals surface area contributed by atoms with Crippen LogP contribution in [0.1, 0.15) is 50.2 Å². The molecular formula is C17H23NO4. The van der Waals surface area contributed by atoms with E-state index in [9.17, 15) is 9.59 Å². The molecule has 1 aromatic carbocycles. The lowest BCUT2D eigenvalue weighted by molar-refractivity contribution is -0.137. The summed E-state index contributed by atoms with van der Waals surface area (Å²) in [5.74, 6) is -0.806. The summed E-state index contributed by atoms with van der Waals surface area (Å²) in [4.78, 5) is 22.3. The molecule has 0 bridgehead atoms. The Labute approximate surface area is 130 Å². The summed E-state index contributed by atoms with van der Waals surface area (Å²) in [7, 11) is 0. The normalized spacial score (nSPS) is 21.3. The lowest BCUT2D eigenvalue weighted by atomic mass is 9.97. The molecule has 2 atom stereocenters. The first-order chi connectivity index (χ1) is 10.6. The summed E-state index contributed by atoms with van der Waals surface area (Å²) in [6, 6.07) is 10.2. The van der Waals surface area contributed by atoms with Crippen LogP contribution in [0.4, 0.5) is 0 Å². The summed E-state index contributed by atoms with van der Waals surface area (Å²) in [5.41, 5.74) is 1.14. The fourth-order valence-corrected chi connectivity index (χ4v) is 2.69. The number of carbonyl (C=O) groups excluding carboxylic acids is 1. The van der Waals surface area contributed by atoms with Crippen molar-refractivity contribution < 1.29 is 19.4 Å². The van der Waals surface area contributed by atoms with Crippen molar-refractivity contribution in [1.82, 2.24) is 5.32 Å². The van der Waals surface area contributed by atoms with Crippen molar-refractivity contribution >= 4 is 11.9 Å². The van der Waals surface area contributed by atoms with Crippen LogP contribution < -0.4 is 5.32 Å². The topological polar surface area (TPSA) is 75.6 Å². The van der Waals surface area contributed by atoms with Crippen molar-refractivity contribution in [3.05, 3.63) is 35.9 Å². The van der Waals surface area contributed by atoms with Crippen molar-refractivity contribution in [1.29, 1.82) is 0 Å². The summed E-state index contributed by atoms with van der Waals surface area (Å²) >= 11 is 0. The molecule has 0 aromatic heterocycles. The number of hydrogen-bond donors (Lipinski definition) is 2. The summed E-state index contributed by atoms with van der Waals surface area (Å²) in [5, 5.41) is 11.6. The highest BCUT2D eigenvalue weighted by atomic mass is 16.5. The number of amides is 1. The summed E-state index contributed by atoms with van der Waals surface area (Å²) < 4.78 is 5.78. The minimum absolute atomic E-state index is 0.00380. The summed E-state index contributed by atoms with van der Waals surface area (Å²) in [6.07, 6.45) is 3.32. The second kappa shape index (κ2) is 8.54. The average molecular weight is 305 g/mol. The molecule has 0 spiro atoms. The number of aliphatic carboxylic acids is 1. The SMILES string of the molecule is O=C(O)CCCCC(=O)NC1CCOC(c2ccccc2)C1. The van der Waals surface area contributed by atoms with Gasteiger partial charge in [-0.1, -0.05) is 30.3 Å². The first kappa shape index (κ1) is 16.5. The van der Waals surface area contributed by atoms with Gasteiger partial charge in [-0.2, -0.15) is 0 Å². The Hall–Kier alpha value is -1.88. The van der Waals surface area contributed by atoms with Crippen molar-refractivity contribution in [2.24, 2.45) is 0 Å². The van der Waals surface area contributed by atoms with Crippen LogP contribution in [0.25, 0.3) is 0 Å². The molecule has 5 nitrogen and oxygen atoms in total. The average Bonchev–Trinajstić information content (AvgIpc) is 2.52. The Morgan fingerprint density at radius 2 is 1.91 bits per heavy atom. The molecule has 1 aliphatic rings. The third-order valence-electron chi connectivity index (χ3n) is 3.86. The molecule has 1 aromatic rings. The first-order valence-electron chi connectivity index (χ1n) is 7.83. The number of carboxylic acid groups (broad SMARTS) is 1. The van der Waals surface area contributed by atoms with E-state index in [-0.39, 0.29) is 24.5 Å².